The zero-order chi connectivity index (χ0) is 16.0. The zero-order valence-corrected chi connectivity index (χ0v) is 14.7. The fourth-order valence-corrected chi connectivity index (χ4v) is 2.61. The summed E-state index contributed by atoms with van der Waals surface area (Å²) in [6, 6.07) is 0. The number of nitrogens with one attached hydrogen (secondary N) is 1. The molecule has 1 aromatic heterocycles. The lowest BCUT2D eigenvalue weighted by atomic mass is 9.88. The molecule has 1 unspecified atom stereocenters. The van der Waals surface area contributed by atoms with Crippen molar-refractivity contribution >= 4 is 0 Å². The number of aromatic nitrogens is 2. The van der Waals surface area contributed by atoms with Crippen molar-refractivity contribution in [2.45, 2.75) is 60.5 Å². The summed E-state index contributed by atoms with van der Waals surface area (Å²) in [5.74, 6) is 0.797. The summed E-state index contributed by atoms with van der Waals surface area (Å²) in [7, 11) is 1.73. The van der Waals surface area contributed by atoms with Crippen LogP contribution in [0.25, 0.3) is 0 Å². The topological polar surface area (TPSA) is 47.0 Å². The van der Waals surface area contributed by atoms with Crippen molar-refractivity contribution in [3.05, 3.63) is 22.8 Å². The van der Waals surface area contributed by atoms with Gasteiger partial charge in [-0.3, -0.25) is 0 Å². The smallest absolute Gasteiger partial charge is 0.158 e. The van der Waals surface area contributed by atoms with Gasteiger partial charge in [0.05, 0.1) is 0 Å². The van der Waals surface area contributed by atoms with Gasteiger partial charge in [-0.1, -0.05) is 27.7 Å². The van der Waals surface area contributed by atoms with Crippen LogP contribution in [0.4, 0.5) is 0 Å². The van der Waals surface area contributed by atoms with Gasteiger partial charge in [-0.15, -0.1) is 0 Å². The molecule has 0 saturated carbocycles. The van der Waals surface area contributed by atoms with Gasteiger partial charge in [0.15, 0.2) is 5.82 Å². The summed E-state index contributed by atoms with van der Waals surface area (Å²) in [6.45, 7) is 14.8. The van der Waals surface area contributed by atoms with Crippen LogP contribution in [-0.2, 0) is 11.2 Å². The second kappa shape index (κ2) is 7.85. The monoisotopic (exact) mass is 293 g/mol. The van der Waals surface area contributed by atoms with Gasteiger partial charge in [0, 0.05) is 18.5 Å². The standard InChI is InChI=1S/C17H31N3O/c1-8-10-18-11-9-14-12(2)19-16(20-13(14)3)15(21-7)17(4,5)6/h15,18H,8-11H2,1-7H3. The van der Waals surface area contributed by atoms with E-state index < -0.39 is 0 Å². The molecule has 0 amide bonds. The average Bonchev–Trinajstić information content (AvgIpc) is 2.36. The van der Waals surface area contributed by atoms with Crippen LogP contribution in [0.15, 0.2) is 0 Å². The average molecular weight is 293 g/mol. The van der Waals surface area contributed by atoms with Gasteiger partial charge in [-0.25, -0.2) is 9.97 Å². The van der Waals surface area contributed by atoms with Crippen LogP contribution in [-0.4, -0.2) is 30.2 Å². The Morgan fingerprint density at radius 1 is 1.10 bits per heavy atom. The van der Waals surface area contributed by atoms with Crippen molar-refractivity contribution in [1.82, 2.24) is 15.3 Å². The zero-order valence-electron chi connectivity index (χ0n) is 14.7. The van der Waals surface area contributed by atoms with E-state index in [0.717, 1.165) is 43.1 Å². The van der Waals surface area contributed by atoms with E-state index in [1.807, 2.05) is 0 Å². The minimum absolute atomic E-state index is 0.0160. The number of ether oxygens (including phenoxy) is 1. The maximum Gasteiger partial charge on any atom is 0.158 e. The predicted molar refractivity (Wildman–Crippen MR) is 87.6 cm³/mol. The Morgan fingerprint density at radius 2 is 1.67 bits per heavy atom. The number of hydrogen-bond acceptors (Lipinski definition) is 4. The molecule has 0 aliphatic heterocycles. The Bertz CT molecular complexity index is 429. The van der Waals surface area contributed by atoms with Crippen molar-refractivity contribution in [3.8, 4) is 0 Å². The highest BCUT2D eigenvalue weighted by molar-refractivity contribution is 5.25. The number of rotatable bonds is 7. The van der Waals surface area contributed by atoms with Gasteiger partial charge < -0.3 is 10.1 Å². The third kappa shape index (κ3) is 5.04. The van der Waals surface area contributed by atoms with Gasteiger partial charge >= 0.3 is 0 Å². The first-order valence-corrected chi connectivity index (χ1v) is 7.88. The fraction of sp³-hybridized carbons (Fsp3) is 0.765. The molecule has 21 heavy (non-hydrogen) atoms. The van der Waals surface area contributed by atoms with Crippen molar-refractivity contribution in [2.24, 2.45) is 5.41 Å². The van der Waals surface area contributed by atoms with E-state index in [1.165, 1.54) is 5.56 Å². The molecule has 0 fully saturated rings. The second-order valence-electron chi connectivity index (χ2n) is 6.71. The third-order valence-electron chi connectivity index (χ3n) is 3.67. The Morgan fingerprint density at radius 3 is 2.10 bits per heavy atom. The van der Waals surface area contributed by atoms with E-state index in [-0.39, 0.29) is 11.5 Å². The highest BCUT2D eigenvalue weighted by Gasteiger charge is 2.29. The molecule has 0 radical (unpaired) electrons. The van der Waals surface area contributed by atoms with Crippen LogP contribution < -0.4 is 5.32 Å². The lowest BCUT2D eigenvalue weighted by molar-refractivity contribution is 0.00840. The van der Waals surface area contributed by atoms with Crippen molar-refractivity contribution in [1.29, 1.82) is 0 Å². The molecule has 0 spiro atoms. The first kappa shape index (κ1) is 18.1. The molecule has 1 heterocycles. The SMILES string of the molecule is CCCNCCc1c(C)nc(C(OC)C(C)(C)C)nc1C. The summed E-state index contributed by atoms with van der Waals surface area (Å²) in [5.41, 5.74) is 3.38. The van der Waals surface area contributed by atoms with E-state index in [4.69, 9.17) is 14.7 Å². The van der Waals surface area contributed by atoms with Crippen LogP contribution >= 0.6 is 0 Å². The first-order valence-electron chi connectivity index (χ1n) is 7.88. The van der Waals surface area contributed by atoms with E-state index in [9.17, 15) is 0 Å². The number of nitrogens with zero attached hydrogens (tertiary/aromatic N) is 2. The lowest BCUT2D eigenvalue weighted by Crippen LogP contribution is -2.24. The minimum Gasteiger partial charge on any atom is -0.373 e. The molecule has 0 aliphatic carbocycles. The van der Waals surface area contributed by atoms with Gasteiger partial charge in [0.25, 0.3) is 0 Å². The molecule has 0 aliphatic rings. The van der Waals surface area contributed by atoms with E-state index in [1.54, 1.807) is 7.11 Å². The van der Waals surface area contributed by atoms with Gasteiger partial charge in [0.2, 0.25) is 0 Å². The highest BCUT2D eigenvalue weighted by atomic mass is 16.5. The molecular formula is C17H31N3O. The van der Waals surface area contributed by atoms with E-state index >= 15 is 0 Å². The lowest BCUT2D eigenvalue weighted by Gasteiger charge is -2.28. The summed E-state index contributed by atoms with van der Waals surface area (Å²) in [6.07, 6.45) is 2.06. The maximum atomic E-state index is 5.63. The summed E-state index contributed by atoms with van der Waals surface area (Å²) < 4.78 is 5.63. The molecular weight excluding hydrogens is 262 g/mol. The quantitative estimate of drug-likeness (QED) is 0.783. The Labute approximate surface area is 129 Å². The van der Waals surface area contributed by atoms with Crippen LogP contribution in [0.3, 0.4) is 0 Å². The minimum atomic E-state index is -0.0813. The largest absolute Gasteiger partial charge is 0.373 e. The van der Waals surface area contributed by atoms with Crippen molar-refractivity contribution < 1.29 is 4.74 Å². The Kier molecular flexibility index (Phi) is 6.75. The molecule has 1 rings (SSSR count). The molecule has 1 aromatic rings. The van der Waals surface area contributed by atoms with Gasteiger partial charge in [-0.05, 0) is 50.8 Å². The van der Waals surface area contributed by atoms with Gasteiger partial charge in [0.1, 0.15) is 6.10 Å². The van der Waals surface area contributed by atoms with Crippen LogP contribution in [0.5, 0.6) is 0 Å². The molecule has 0 aromatic carbocycles. The normalized spacial score (nSPS) is 13.5. The predicted octanol–water partition coefficient (Wildman–Crippen LogP) is 3.37. The van der Waals surface area contributed by atoms with Crippen molar-refractivity contribution in [3.63, 3.8) is 0 Å². The highest BCUT2D eigenvalue weighted by Crippen LogP contribution is 2.34. The van der Waals surface area contributed by atoms with Crippen LogP contribution in [0.2, 0.25) is 0 Å². The molecule has 1 N–H and O–H groups in total. The van der Waals surface area contributed by atoms with Crippen LogP contribution in [0, 0.1) is 19.3 Å². The molecule has 4 nitrogen and oxygen atoms in total. The van der Waals surface area contributed by atoms with Crippen LogP contribution in [0.1, 0.15) is 63.0 Å². The van der Waals surface area contributed by atoms with E-state index in [2.05, 4.69) is 46.9 Å². The Balaban J connectivity index is 2.93. The van der Waals surface area contributed by atoms with Crippen molar-refractivity contribution in [2.75, 3.05) is 20.2 Å². The molecule has 1 atom stereocenters. The molecule has 120 valence electrons. The Hall–Kier alpha value is -1.00. The molecule has 0 saturated heterocycles. The number of hydrogen-bond donors (Lipinski definition) is 1. The third-order valence-corrected chi connectivity index (χ3v) is 3.67. The summed E-state index contributed by atoms with van der Waals surface area (Å²) in [4.78, 5) is 9.41. The first-order chi connectivity index (χ1) is 9.81. The summed E-state index contributed by atoms with van der Waals surface area (Å²) in [5, 5.41) is 3.43. The number of aryl methyl sites for hydroxylation is 2. The molecule has 4 heteroatoms. The molecule has 0 bridgehead atoms. The second-order valence-corrected chi connectivity index (χ2v) is 6.71. The van der Waals surface area contributed by atoms with Gasteiger partial charge in [-0.2, -0.15) is 0 Å². The number of methoxy groups -OCH3 is 1. The summed E-state index contributed by atoms with van der Waals surface area (Å²) >= 11 is 0. The fourth-order valence-electron chi connectivity index (χ4n) is 2.61. The van der Waals surface area contributed by atoms with E-state index in [0.29, 0.717) is 0 Å². The maximum absolute atomic E-state index is 5.63.